The van der Waals surface area contributed by atoms with E-state index in [1.54, 1.807) is 29.2 Å². The molecule has 3 rings (SSSR count). The smallest absolute Gasteiger partial charge is 0.248 e. The monoisotopic (exact) mass is 382 g/mol. The van der Waals surface area contributed by atoms with E-state index in [-0.39, 0.29) is 29.6 Å². The number of hydrogen-bond donors (Lipinski definition) is 0. The molecule has 7 nitrogen and oxygen atoms in total. The zero-order chi connectivity index (χ0) is 18.7. The van der Waals surface area contributed by atoms with Crippen molar-refractivity contribution in [2.75, 3.05) is 32.8 Å². The molecule has 144 valence electrons. The van der Waals surface area contributed by atoms with Gasteiger partial charge in [0.2, 0.25) is 15.9 Å². The fourth-order valence-electron chi connectivity index (χ4n) is 3.69. The molecule has 2 aliphatic rings. The van der Waals surface area contributed by atoms with E-state index in [1.807, 2.05) is 13.8 Å². The number of hydrogen-bond acceptors (Lipinski definition) is 5. The maximum atomic E-state index is 13.1. The van der Waals surface area contributed by atoms with E-state index in [0.29, 0.717) is 44.8 Å². The topological polar surface area (TPSA) is 76.1 Å². The Bertz CT molecular complexity index is 752. The minimum atomic E-state index is -3.63. The predicted octanol–water partition coefficient (Wildman–Crippen LogP) is 1.49. The Morgan fingerprint density at radius 1 is 1.23 bits per heavy atom. The molecular formula is C18H26N2O5S. The summed E-state index contributed by atoms with van der Waals surface area (Å²) in [6.45, 7) is 5.64. The summed E-state index contributed by atoms with van der Waals surface area (Å²) in [6, 6.07) is 6.49. The van der Waals surface area contributed by atoms with Crippen molar-refractivity contribution < 1.29 is 22.7 Å². The summed E-state index contributed by atoms with van der Waals surface area (Å²) in [7, 11) is -3.63. The third kappa shape index (κ3) is 3.58. The Kier molecular flexibility index (Phi) is 5.84. The number of nitrogens with zero attached hydrogens (tertiary/aromatic N) is 2. The number of para-hydroxylation sites is 1. The average molecular weight is 382 g/mol. The van der Waals surface area contributed by atoms with E-state index in [2.05, 4.69) is 0 Å². The highest BCUT2D eigenvalue weighted by Crippen LogP contribution is 2.36. The third-order valence-corrected chi connectivity index (χ3v) is 7.03. The molecule has 0 N–H and O–H groups in total. The summed E-state index contributed by atoms with van der Waals surface area (Å²) >= 11 is 0. The van der Waals surface area contributed by atoms with Crippen LogP contribution in [-0.4, -0.2) is 68.5 Å². The number of ether oxygens (including phenoxy) is 2. The zero-order valence-electron chi connectivity index (χ0n) is 15.3. The molecule has 0 unspecified atom stereocenters. The Morgan fingerprint density at radius 3 is 2.69 bits per heavy atom. The highest BCUT2D eigenvalue weighted by atomic mass is 32.2. The van der Waals surface area contributed by atoms with Gasteiger partial charge in [-0.3, -0.25) is 4.79 Å². The first kappa shape index (κ1) is 19.1. The van der Waals surface area contributed by atoms with Gasteiger partial charge in [-0.15, -0.1) is 0 Å². The van der Waals surface area contributed by atoms with Crippen LogP contribution in [0.1, 0.15) is 26.7 Å². The lowest BCUT2D eigenvalue weighted by atomic mass is 10.1. The van der Waals surface area contributed by atoms with Gasteiger partial charge in [-0.25, -0.2) is 8.42 Å². The SMILES string of the molecule is CCOCC(=O)N1CC[C@@H]2[C@@H](CC1)Oc1ccccc1S(=O)(=O)N2CC. The largest absolute Gasteiger partial charge is 0.487 e. The number of likely N-dealkylation sites (tertiary alicyclic amines) is 1. The van der Waals surface area contributed by atoms with Gasteiger partial charge in [-0.05, 0) is 25.5 Å². The summed E-state index contributed by atoms with van der Waals surface area (Å²) in [4.78, 5) is 14.3. The maximum absolute atomic E-state index is 13.1. The van der Waals surface area contributed by atoms with E-state index in [9.17, 15) is 13.2 Å². The molecule has 0 bridgehead atoms. The fraction of sp³-hybridized carbons (Fsp3) is 0.611. The number of benzene rings is 1. The molecule has 2 heterocycles. The van der Waals surface area contributed by atoms with E-state index in [4.69, 9.17) is 9.47 Å². The lowest BCUT2D eigenvalue weighted by Crippen LogP contribution is -2.47. The molecule has 26 heavy (non-hydrogen) atoms. The quantitative estimate of drug-likeness (QED) is 0.789. The predicted molar refractivity (Wildman–Crippen MR) is 96.5 cm³/mol. The molecule has 1 aromatic rings. The van der Waals surface area contributed by atoms with E-state index in [1.165, 1.54) is 4.31 Å². The van der Waals surface area contributed by atoms with E-state index < -0.39 is 10.0 Å². The van der Waals surface area contributed by atoms with Crippen LogP contribution < -0.4 is 4.74 Å². The number of rotatable bonds is 4. The van der Waals surface area contributed by atoms with Crippen molar-refractivity contribution in [3.05, 3.63) is 24.3 Å². The summed E-state index contributed by atoms with van der Waals surface area (Å²) in [6.07, 6.45) is 0.852. The lowest BCUT2D eigenvalue weighted by molar-refractivity contribution is -0.136. The lowest BCUT2D eigenvalue weighted by Gasteiger charge is -2.30. The van der Waals surface area contributed by atoms with Gasteiger partial charge in [0.05, 0.1) is 6.04 Å². The number of amides is 1. The second kappa shape index (κ2) is 7.94. The average Bonchev–Trinajstić information content (AvgIpc) is 2.87. The first-order valence-electron chi connectivity index (χ1n) is 9.12. The second-order valence-electron chi connectivity index (χ2n) is 6.47. The zero-order valence-corrected chi connectivity index (χ0v) is 16.1. The molecule has 0 radical (unpaired) electrons. The van der Waals surface area contributed by atoms with Crippen LogP contribution in [0.3, 0.4) is 0 Å². The van der Waals surface area contributed by atoms with E-state index >= 15 is 0 Å². The highest BCUT2D eigenvalue weighted by molar-refractivity contribution is 7.89. The Labute approximate surface area is 154 Å². The molecule has 0 saturated carbocycles. The van der Waals surface area contributed by atoms with Crippen LogP contribution in [0.2, 0.25) is 0 Å². The molecule has 1 saturated heterocycles. The van der Waals surface area contributed by atoms with Crippen LogP contribution in [0.15, 0.2) is 29.2 Å². The fourth-order valence-corrected chi connectivity index (χ4v) is 5.50. The molecule has 0 aromatic heterocycles. The van der Waals surface area contributed by atoms with Crippen LogP contribution in [0, 0.1) is 0 Å². The Balaban J connectivity index is 1.88. The summed E-state index contributed by atoms with van der Waals surface area (Å²) in [5.41, 5.74) is 0. The number of carbonyl (C=O) groups is 1. The number of likely N-dealkylation sites (N-methyl/N-ethyl adjacent to an activating group) is 1. The molecule has 0 spiro atoms. The van der Waals surface area contributed by atoms with Gasteiger partial charge in [0.1, 0.15) is 23.4 Å². The molecule has 2 atom stereocenters. The van der Waals surface area contributed by atoms with Crippen LogP contribution in [-0.2, 0) is 19.6 Å². The van der Waals surface area contributed by atoms with Gasteiger partial charge in [-0.2, -0.15) is 4.31 Å². The van der Waals surface area contributed by atoms with Gasteiger partial charge in [0.25, 0.3) is 0 Å². The van der Waals surface area contributed by atoms with Gasteiger partial charge in [0.15, 0.2) is 0 Å². The molecule has 0 aliphatic carbocycles. The summed E-state index contributed by atoms with van der Waals surface area (Å²) in [5, 5.41) is 0. The van der Waals surface area contributed by atoms with Gasteiger partial charge < -0.3 is 14.4 Å². The molecule has 1 aromatic carbocycles. The van der Waals surface area contributed by atoms with Crippen molar-refractivity contribution in [1.82, 2.24) is 9.21 Å². The molecule has 8 heteroatoms. The molecular weight excluding hydrogens is 356 g/mol. The number of carbonyl (C=O) groups excluding carboxylic acids is 1. The second-order valence-corrected chi connectivity index (χ2v) is 8.33. The Morgan fingerprint density at radius 2 is 1.96 bits per heavy atom. The summed E-state index contributed by atoms with van der Waals surface area (Å²) in [5.74, 6) is 0.335. The van der Waals surface area contributed by atoms with Crippen molar-refractivity contribution in [2.45, 2.75) is 43.7 Å². The van der Waals surface area contributed by atoms with Crippen molar-refractivity contribution in [1.29, 1.82) is 0 Å². The maximum Gasteiger partial charge on any atom is 0.248 e. The van der Waals surface area contributed by atoms with Crippen LogP contribution in [0.5, 0.6) is 5.75 Å². The highest BCUT2D eigenvalue weighted by Gasteiger charge is 2.42. The van der Waals surface area contributed by atoms with Crippen molar-refractivity contribution >= 4 is 15.9 Å². The van der Waals surface area contributed by atoms with Gasteiger partial charge in [-0.1, -0.05) is 19.1 Å². The van der Waals surface area contributed by atoms with Crippen molar-refractivity contribution in [3.63, 3.8) is 0 Å². The standard InChI is InChI=1S/C18H26N2O5S/c1-3-20-14-9-11-19(18(21)13-24-4-2)12-10-15(14)25-16-7-5-6-8-17(16)26(20,22)23/h5-8,14-15H,3-4,9-13H2,1-2H3/t14-,15-/m1/s1. The van der Waals surface area contributed by atoms with Crippen LogP contribution in [0.25, 0.3) is 0 Å². The first-order valence-corrected chi connectivity index (χ1v) is 10.6. The molecule has 2 aliphatic heterocycles. The first-order chi connectivity index (χ1) is 12.5. The van der Waals surface area contributed by atoms with Crippen molar-refractivity contribution in [2.24, 2.45) is 0 Å². The van der Waals surface area contributed by atoms with Gasteiger partial charge in [0, 0.05) is 32.7 Å². The number of sulfonamides is 1. The molecule has 1 amide bonds. The summed E-state index contributed by atoms with van der Waals surface area (Å²) < 4.78 is 39.1. The minimum absolute atomic E-state index is 0.0605. The van der Waals surface area contributed by atoms with Crippen LogP contribution in [0.4, 0.5) is 0 Å². The van der Waals surface area contributed by atoms with Crippen LogP contribution >= 0.6 is 0 Å². The molecule has 1 fully saturated rings. The normalized spacial score (nSPS) is 25.4. The van der Waals surface area contributed by atoms with Gasteiger partial charge >= 0.3 is 0 Å². The van der Waals surface area contributed by atoms with E-state index in [0.717, 1.165) is 0 Å². The number of fused-ring (bicyclic) bond motifs is 2. The Hall–Kier alpha value is -1.64. The third-order valence-electron chi connectivity index (χ3n) is 4.99. The minimum Gasteiger partial charge on any atom is -0.487 e. The van der Waals surface area contributed by atoms with Crippen molar-refractivity contribution in [3.8, 4) is 5.75 Å².